The minimum absolute atomic E-state index is 0.268. The molecule has 1 atom stereocenters. The Morgan fingerprint density at radius 2 is 2.14 bits per heavy atom. The fourth-order valence-electron chi connectivity index (χ4n) is 2.63. The maximum Gasteiger partial charge on any atom is 0.191 e. The van der Waals surface area contributed by atoms with E-state index in [-0.39, 0.29) is 6.10 Å². The van der Waals surface area contributed by atoms with Gasteiger partial charge in [-0.1, -0.05) is 18.7 Å². The Balaban J connectivity index is 1.91. The van der Waals surface area contributed by atoms with Crippen molar-refractivity contribution in [1.29, 1.82) is 0 Å². The van der Waals surface area contributed by atoms with Gasteiger partial charge in [0.1, 0.15) is 5.75 Å². The lowest BCUT2D eigenvalue weighted by atomic mass is 10.2. The van der Waals surface area contributed by atoms with Crippen LogP contribution in [0.15, 0.2) is 29.4 Å². The topological polar surface area (TPSA) is 49.2 Å². The molecule has 0 N–H and O–H groups in total. The number of hydrogen-bond acceptors (Lipinski definition) is 5. The molecule has 5 nitrogen and oxygen atoms in total. The lowest BCUT2D eigenvalue weighted by Gasteiger charge is -2.14. The molecule has 1 aliphatic heterocycles. The molecule has 6 heteroatoms. The molecule has 2 aromatic rings. The highest BCUT2D eigenvalue weighted by atomic mass is 32.2. The third kappa shape index (κ3) is 3.28. The molecule has 1 saturated heterocycles. The summed E-state index contributed by atoms with van der Waals surface area (Å²) in [6, 6.07) is 7.95. The molecule has 22 heavy (non-hydrogen) atoms. The molecule has 0 saturated carbocycles. The van der Waals surface area contributed by atoms with Crippen molar-refractivity contribution in [2.45, 2.75) is 37.6 Å². The average molecular weight is 319 g/mol. The molecule has 0 aliphatic carbocycles. The Kier molecular flexibility index (Phi) is 5.00. The van der Waals surface area contributed by atoms with Crippen molar-refractivity contribution in [3.63, 3.8) is 0 Å². The number of aromatic nitrogens is 3. The van der Waals surface area contributed by atoms with Crippen LogP contribution in [-0.2, 0) is 11.3 Å². The normalized spacial score (nSPS) is 17.8. The molecule has 2 heterocycles. The molecule has 1 aromatic carbocycles. The molecule has 1 unspecified atom stereocenters. The van der Waals surface area contributed by atoms with Gasteiger partial charge in [-0.15, -0.1) is 10.2 Å². The van der Waals surface area contributed by atoms with Crippen LogP contribution in [0, 0.1) is 0 Å². The molecular formula is C16H21N3O2S. The predicted octanol–water partition coefficient (Wildman–Crippen LogP) is 3.24. The summed E-state index contributed by atoms with van der Waals surface area (Å²) in [7, 11) is 1.67. The summed E-state index contributed by atoms with van der Waals surface area (Å²) in [5.41, 5.74) is 1.05. The summed E-state index contributed by atoms with van der Waals surface area (Å²) in [6.45, 7) is 3.81. The van der Waals surface area contributed by atoms with Gasteiger partial charge in [0.15, 0.2) is 11.0 Å². The number of hydrogen-bond donors (Lipinski definition) is 0. The van der Waals surface area contributed by atoms with E-state index in [0.717, 1.165) is 54.0 Å². The summed E-state index contributed by atoms with van der Waals surface area (Å²) >= 11 is 1.72. The van der Waals surface area contributed by atoms with E-state index in [2.05, 4.69) is 21.7 Å². The van der Waals surface area contributed by atoms with Gasteiger partial charge in [0.2, 0.25) is 0 Å². The second-order valence-corrected chi connectivity index (χ2v) is 6.44. The third-order valence-corrected chi connectivity index (χ3v) is 4.60. The molecule has 118 valence electrons. The van der Waals surface area contributed by atoms with Crippen LogP contribution >= 0.6 is 11.8 Å². The number of methoxy groups -OCH3 is 1. The van der Waals surface area contributed by atoms with Gasteiger partial charge < -0.3 is 9.47 Å². The van der Waals surface area contributed by atoms with E-state index in [4.69, 9.17) is 9.47 Å². The van der Waals surface area contributed by atoms with Gasteiger partial charge in [-0.25, -0.2) is 0 Å². The van der Waals surface area contributed by atoms with E-state index in [1.54, 1.807) is 18.9 Å². The van der Waals surface area contributed by atoms with Gasteiger partial charge in [0.05, 0.1) is 19.8 Å². The lowest BCUT2D eigenvalue weighted by Crippen LogP contribution is -2.16. The molecule has 1 aliphatic rings. The summed E-state index contributed by atoms with van der Waals surface area (Å²) in [5, 5.41) is 9.72. The highest BCUT2D eigenvalue weighted by Gasteiger charge is 2.21. The Bertz CT molecular complexity index is 606. The van der Waals surface area contributed by atoms with Crippen LogP contribution in [0.1, 0.15) is 19.8 Å². The molecule has 0 radical (unpaired) electrons. The van der Waals surface area contributed by atoms with E-state index >= 15 is 0 Å². The highest BCUT2D eigenvalue weighted by Crippen LogP contribution is 2.27. The maximum atomic E-state index is 5.78. The first kappa shape index (κ1) is 15.4. The van der Waals surface area contributed by atoms with Crippen molar-refractivity contribution < 1.29 is 9.47 Å². The van der Waals surface area contributed by atoms with E-state index in [1.165, 1.54) is 0 Å². The summed E-state index contributed by atoms with van der Waals surface area (Å²) in [5.74, 6) is 2.72. The fraction of sp³-hybridized carbons (Fsp3) is 0.500. The van der Waals surface area contributed by atoms with E-state index in [0.29, 0.717) is 0 Å². The summed E-state index contributed by atoms with van der Waals surface area (Å²) < 4.78 is 13.2. The van der Waals surface area contributed by atoms with Gasteiger partial charge in [-0.2, -0.15) is 0 Å². The van der Waals surface area contributed by atoms with Crippen LogP contribution in [0.3, 0.4) is 0 Å². The van der Waals surface area contributed by atoms with Gasteiger partial charge in [-0.3, -0.25) is 4.57 Å². The van der Waals surface area contributed by atoms with Crippen LogP contribution in [0.2, 0.25) is 0 Å². The van der Waals surface area contributed by atoms with Crippen molar-refractivity contribution in [2.24, 2.45) is 0 Å². The third-order valence-electron chi connectivity index (χ3n) is 3.75. The maximum absolute atomic E-state index is 5.78. The van der Waals surface area contributed by atoms with Crippen molar-refractivity contribution in [1.82, 2.24) is 14.8 Å². The Labute approximate surface area is 135 Å². The summed E-state index contributed by atoms with van der Waals surface area (Å²) in [6.07, 6.45) is 2.52. The number of ether oxygens (including phenoxy) is 2. The van der Waals surface area contributed by atoms with Crippen molar-refractivity contribution in [3.05, 3.63) is 24.3 Å². The minimum atomic E-state index is 0.268. The van der Waals surface area contributed by atoms with E-state index < -0.39 is 0 Å². The van der Waals surface area contributed by atoms with Crippen LogP contribution < -0.4 is 4.74 Å². The zero-order valence-corrected chi connectivity index (χ0v) is 13.8. The van der Waals surface area contributed by atoms with Gasteiger partial charge >= 0.3 is 0 Å². The molecule has 1 fully saturated rings. The van der Waals surface area contributed by atoms with Crippen LogP contribution in [-0.4, -0.2) is 40.3 Å². The van der Waals surface area contributed by atoms with Crippen molar-refractivity contribution in [3.8, 4) is 17.1 Å². The number of rotatable bonds is 6. The van der Waals surface area contributed by atoms with Crippen LogP contribution in [0.5, 0.6) is 5.75 Å². The Hall–Kier alpha value is -1.53. The van der Waals surface area contributed by atoms with Gasteiger partial charge in [-0.05, 0) is 42.9 Å². The first-order valence-corrected chi connectivity index (χ1v) is 8.62. The smallest absolute Gasteiger partial charge is 0.191 e. The first-order chi connectivity index (χ1) is 10.8. The standard InChI is InChI=1S/C16H21N3O2S/c1-3-22-16-18-17-15(12-6-8-13(20-2)9-7-12)19(16)11-14-5-4-10-21-14/h6-9,14H,3-5,10-11H2,1-2H3. The molecule has 3 rings (SSSR count). The monoisotopic (exact) mass is 319 g/mol. The SMILES string of the molecule is CCSc1nnc(-c2ccc(OC)cc2)n1CC1CCCO1. The summed E-state index contributed by atoms with van der Waals surface area (Å²) in [4.78, 5) is 0. The number of thioether (sulfide) groups is 1. The lowest BCUT2D eigenvalue weighted by molar-refractivity contribution is 0.0953. The fourth-order valence-corrected chi connectivity index (χ4v) is 3.31. The van der Waals surface area contributed by atoms with Crippen LogP contribution in [0.25, 0.3) is 11.4 Å². The molecule has 0 spiro atoms. The van der Waals surface area contributed by atoms with E-state index in [1.807, 2.05) is 24.3 Å². The second kappa shape index (κ2) is 7.15. The quantitative estimate of drug-likeness (QED) is 0.765. The molecular weight excluding hydrogens is 298 g/mol. The number of nitrogens with zero attached hydrogens (tertiary/aromatic N) is 3. The van der Waals surface area contributed by atoms with Crippen LogP contribution in [0.4, 0.5) is 0 Å². The predicted molar refractivity (Wildman–Crippen MR) is 87.4 cm³/mol. The Morgan fingerprint density at radius 3 is 2.77 bits per heavy atom. The zero-order chi connectivity index (χ0) is 15.4. The molecule has 0 bridgehead atoms. The largest absolute Gasteiger partial charge is 0.497 e. The average Bonchev–Trinajstić information content (AvgIpc) is 3.19. The number of benzene rings is 1. The highest BCUT2D eigenvalue weighted by molar-refractivity contribution is 7.99. The minimum Gasteiger partial charge on any atom is -0.497 e. The van der Waals surface area contributed by atoms with Gasteiger partial charge in [0.25, 0.3) is 0 Å². The molecule has 0 amide bonds. The van der Waals surface area contributed by atoms with Crippen molar-refractivity contribution in [2.75, 3.05) is 19.5 Å². The zero-order valence-electron chi connectivity index (χ0n) is 13.0. The molecule has 1 aromatic heterocycles. The first-order valence-electron chi connectivity index (χ1n) is 7.64. The van der Waals surface area contributed by atoms with E-state index in [9.17, 15) is 0 Å². The van der Waals surface area contributed by atoms with Crippen molar-refractivity contribution >= 4 is 11.8 Å². The Morgan fingerprint density at radius 1 is 1.32 bits per heavy atom. The van der Waals surface area contributed by atoms with Gasteiger partial charge in [0, 0.05) is 12.2 Å². The second-order valence-electron chi connectivity index (χ2n) is 5.21.